The van der Waals surface area contributed by atoms with Crippen LogP contribution >= 0.6 is 0 Å². The summed E-state index contributed by atoms with van der Waals surface area (Å²) in [7, 11) is 3.31. The highest BCUT2D eigenvalue weighted by Crippen LogP contribution is 2.31. The number of rotatable bonds is 4. The van der Waals surface area contributed by atoms with Crippen molar-refractivity contribution in [3.63, 3.8) is 0 Å². The predicted octanol–water partition coefficient (Wildman–Crippen LogP) is 2.47. The van der Waals surface area contributed by atoms with Gasteiger partial charge < -0.3 is 24.6 Å². The van der Waals surface area contributed by atoms with Crippen LogP contribution in [0.5, 0.6) is 5.75 Å². The number of nitrogens with one attached hydrogen (secondary N) is 1. The normalized spacial score (nSPS) is 23.1. The molecule has 2 aliphatic rings. The van der Waals surface area contributed by atoms with Crippen molar-refractivity contribution in [1.82, 2.24) is 19.8 Å². The highest BCUT2D eigenvalue weighted by atomic mass is 16.5. The van der Waals surface area contributed by atoms with E-state index in [4.69, 9.17) is 9.47 Å². The average Bonchev–Trinajstić information content (AvgIpc) is 3.74. The first-order valence-electron chi connectivity index (χ1n) is 12.2. The van der Waals surface area contributed by atoms with Gasteiger partial charge in [-0.2, -0.15) is 0 Å². The maximum atomic E-state index is 13.4. The fourth-order valence-electron chi connectivity index (χ4n) is 4.28. The van der Waals surface area contributed by atoms with E-state index in [-0.39, 0.29) is 54.0 Å². The van der Waals surface area contributed by atoms with Crippen molar-refractivity contribution in [1.29, 1.82) is 0 Å². The summed E-state index contributed by atoms with van der Waals surface area (Å²) in [6, 6.07) is 4.74. The lowest BCUT2D eigenvalue weighted by Gasteiger charge is -2.35. The Balaban J connectivity index is 1.65. The van der Waals surface area contributed by atoms with Crippen LogP contribution in [0.1, 0.15) is 47.5 Å². The van der Waals surface area contributed by atoms with Gasteiger partial charge in [-0.05, 0) is 38.0 Å². The van der Waals surface area contributed by atoms with Crippen LogP contribution in [0.25, 0.3) is 0 Å². The Bertz CT molecular complexity index is 1110. The van der Waals surface area contributed by atoms with Crippen molar-refractivity contribution in [2.24, 2.45) is 11.8 Å². The molecule has 1 N–H and O–H groups in total. The molecular weight excluding hydrogens is 462 g/mol. The SMILES string of the molecule is CO[C@H]1CN(C)C(=O)c2cc(NC(=O)C3CC3)ccc2OC[C@@H](C)N(C(=O)c2cnccn2)C[C@@H]1C. The fourth-order valence-corrected chi connectivity index (χ4v) is 4.28. The zero-order valence-electron chi connectivity index (χ0n) is 21.1. The van der Waals surface area contributed by atoms with Crippen molar-refractivity contribution in [2.75, 3.05) is 39.2 Å². The molecule has 0 spiro atoms. The molecule has 0 radical (unpaired) electrons. The summed E-state index contributed by atoms with van der Waals surface area (Å²) in [5.74, 6) is -0.176. The number of carbonyl (C=O) groups excluding carboxylic acids is 3. The van der Waals surface area contributed by atoms with Crippen LogP contribution < -0.4 is 10.1 Å². The van der Waals surface area contributed by atoms with Gasteiger partial charge >= 0.3 is 0 Å². The Morgan fingerprint density at radius 2 is 1.94 bits per heavy atom. The molecule has 10 nitrogen and oxygen atoms in total. The van der Waals surface area contributed by atoms with E-state index in [1.54, 1.807) is 42.2 Å². The summed E-state index contributed by atoms with van der Waals surface area (Å²) in [6.45, 7) is 4.75. The van der Waals surface area contributed by atoms with Gasteiger partial charge in [0.2, 0.25) is 5.91 Å². The second-order valence-electron chi connectivity index (χ2n) is 9.62. The molecule has 0 bridgehead atoms. The van der Waals surface area contributed by atoms with Crippen molar-refractivity contribution in [3.05, 3.63) is 48.0 Å². The first-order valence-corrected chi connectivity index (χ1v) is 12.2. The highest BCUT2D eigenvalue weighted by Gasteiger charge is 2.32. The third-order valence-corrected chi connectivity index (χ3v) is 6.70. The number of anilines is 1. The second-order valence-corrected chi connectivity index (χ2v) is 9.62. The molecule has 2 heterocycles. The van der Waals surface area contributed by atoms with Crippen molar-refractivity contribution in [2.45, 2.75) is 38.8 Å². The number of benzene rings is 1. The smallest absolute Gasteiger partial charge is 0.274 e. The van der Waals surface area contributed by atoms with E-state index in [2.05, 4.69) is 15.3 Å². The number of likely N-dealkylation sites (N-methyl/N-ethyl adjacent to an activating group) is 1. The van der Waals surface area contributed by atoms with E-state index < -0.39 is 0 Å². The lowest BCUT2D eigenvalue weighted by molar-refractivity contribution is -0.117. The van der Waals surface area contributed by atoms with Crippen LogP contribution in [0.2, 0.25) is 0 Å². The van der Waals surface area contributed by atoms with Gasteiger partial charge in [-0.1, -0.05) is 6.92 Å². The summed E-state index contributed by atoms with van der Waals surface area (Å²) in [4.78, 5) is 50.6. The fraction of sp³-hybridized carbons (Fsp3) is 0.500. The number of hydrogen-bond acceptors (Lipinski definition) is 7. The van der Waals surface area contributed by atoms with Crippen molar-refractivity contribution < 1.29 is 23.9 Å². The van der Waals surface area contributed by atoms with Crippen LogP contribution in [0.4, 0.5) is 5.69 Å². The number of amides is 3. The van der Waals surface area contributed by atoms with Crippen LogP contribution in [0.3, 0.4) is 0 Å². The Labute approximate surface area is 211 Å². The topological polar surface area (TPSA) is 114 Å². The van der Waals surface area contributed by atoms with Gasteiger partial charge in [0.15, 0.2) is 0 Å². The number of nitrogens with zero attached hydrogens (tertiary/aromatic N) is 4. The molecular formula is C26H33N5O5. The molecule has 10 heteroatoms. The average molecular weight is 496 g/mol. The summed E-state index contributed by atoms with van der Waals surface area (Å²) < 4.78 is 11.8. The Hall–Kier alpha value is -3.53. The molecule has 3 amide bonds. The molecule has 1 saturated carbocycles. The van der Waals surface area contributed by atoms with Crippen molar-refractivity contribution in [3.8, 4) is 5.75 Å². The number of methoxy groups -OCH3 is 1. The maximum absolute atomic E-state index is 13.4. The molecule has 1 aromatic heterocycles. The van der Waals surface area contributed by atoms with Gasteiger partial charge in [-0.15, -0.1) is 0 Å². The van der Waals surface area contributed by atoms with Gasteiger partial charge in [-0.25, -0.2) is 4.98 Å². The number of aromatic nitrogens is 2. The quantitative estimate of drug-likeness (QED) is 0.693. The lowest BCUT2D eigenvalue weighted by atomic mass is 10.0. The van der Waals surface area contributed by atoms with Crippen LogP contribution in [0.15, 0.2) is 36.8 Å². The summed E-state index contributed by atoms with van der Waals surface area (Å²) >= 11 is 0. The minimum atomic E-state index is -0.325. The minimum absolute atomic E-state index is 0.0371. The molecule has 4 rings (SSSR count). The molecule has 1 aliphatic carbocycles. The van der Waals surface area contributed by atoms with E-state index in [0.717, 1.165) is 12.8 Å². The summed E-state index contributed by atoms with van der Waals surface area (Å²) in [5, 5.41) is 2.90. The molecule has 192 valence electrons. The largest absolute Gasteiger partial charge is 0.491 e. The second kappa shape index (κ2) is 11.0. The minimum Gasteiger partial charge on any atom is -0.491 e. The molecule has 36 heavy (non-hydrogen) atoms. The van der Waals surface area contributed by atoms with Crippen LogP contribution in [0, 0.1) is 11.8 Å². The van der Waals surface area contributed by atoms with Gasteiger partial charge in [0, 0.05) is 57.2 Å². The zero-order chi connectivity index (χ0) is 25.8. The first kappa shape index (κ1) is 25.6. The summed E-state index contributed by atoms with van der Waals surface area (Å²) in [6.07, 6.45) is 5.92. The molecule has 1 fully saturated rings. The highest BCUT2D eigenvalue weighted by molar-refractivity contribution is 6.00. The van der Waals surface area contributed by atoms with Crippen LogP contribution in [-0.2, 0) is 9.53 Å². The Kier molecular flexibility index (Phi) is 7.83. The zero-order valence-corrected chi connectivity index (χ0v) is 21.1. The van der Waals surface area contributed by atoms with E-state index >= 15 is 0 Å². The van der Waals surface area contributed by atoms with E-state index in [1.165, 1.54) is 18.6 Å². The molecule has 1 aromatic carbocycles. The number of fused-ring (bicyclic) bond motifs is 1. The third-order valence-electron chi connectivity index (χ3n) is 6.70. The van der Waals surface area contributed by atoms with Gasteiger partial charge in [0.1, 0.15) is 18.1 Å². The Morgan fingerprint density at radius 1 is 1.17 bits per heavy atom. The number of ether oxygens (including phenoxy) is 2. The maximum Gasteiger partial charge on any atom is 0.274 e. The van der Waals surface area contributed by atoms with E-state index in [9.17, 15) is 14.4 Å². The van der Waals surface area contributed by atoms with Crippen LogP contribution in [-0.4, -0.2) is 83.5 Å². The van der Waals surface area contributed by atoms with Gasteiger partial charge in [0.25, 0.3) is 11.8 Å². The Morgan fingerprint density at radius 3 is 2.61 bits per heavy atom. The predicted molar refractivity (Wildman–Crippen MR) is 133 cm³/mol. The van der Waals surface area contributed by atoms with Crippen molar-refractivity contribution >= 4 is 23.4 Å². The third kappa shape index (κ3) is 5.81. The molecule has 0 saturated heterocycles. The standard InChI is InChI=1S/C26H33N5O5/c1-16-13-31(26(34)21-12-27-9-10-28-21)17(2)15-36-22-8-7-19(29-24(32)18-5-6-18)11-20(22)25(33)30(3)14-23(16)35-4/h7-12,16-18,23H,5-6,13-15H2,1-4H3,(H,29,32)/t16-,17+,23-/m0/s1. The molecule has 0 unspecified atom stereocenters. The lowest BCUT2D eigenvalue weighted by Crippen LogP contribution is -2.48. The molecule has 1 aliphatic heterocycles. The monoisotopic (exact) mass is 495 g/mol. The first-order chi connectivity index (χ1) is 17.3. The number of carbonyl (C=O) groups is 3. The number of hydrogen-bond donors (Lipinski definition) is 1. The van der Waals surface area contributed by atoms with Gasteiger partial charge in [0.05, 0.1) is 23.9 Å². The molecule has 2 aromatic rings. The van der Waals surface area contributed by atoms with Gasteiger partial charge in [-0.3, -0.25) is 19.4 Å². The molecule has 3 atom stereocenters. The van der Waals surface area contributed by atoms with E-state index in [0.29, 0.717) is 30.1 Å². The summed E-state index contributed by atoms with van der Waals surface area (Å²) in [5.41, 5.74) is 1.14. The van der Waals surface area contributed by atoms with E-state index in [1.807, 2.05) is 13.8 Å².